The normalized spacial score (nSPS) is 11.1. The summed E-state index contributed by atoms with van der Waals surface area (Å²) < 4.78 is 55.4. The Labute approximate surface area is 167 Å². The van der Waals surface area contributed by atoms with Crippen LogP contribution in [0.3, 0.4) is 0 Å². The average molecular weight is 416 g/mol. The molecule has 0 aliphatic carbocycles. The largest absolute Gasteiger partial charge is 0.319 e. The van der Waals surface area contributed by atoms with Crippen molar-refractivity contribution in [1.82, 2.24) is 0 Å². The molecule has 0 bridgehead atoms. The minimum atomic E-state index is -4.02. The van der Waals surface area contributed by atoms with E-state index in [2.05, 4.69) is 10.0 Å². The third kappa shape index (κ3) is 4.78. The van der Waals surface area contributed by atoms with Crippen molar-refractivity contribution in [2.75, 3.05) is 10.0 Å². The van der Waals surface area contributed by atoms with Crippen LogP contribution >= 0.6 is 0 Å². The fourth-order valence-corrected chi connectivity index (χ4v) is 3.69. The molecule has 0 fully saturated rings. The zero-order valence-corrected chi connectivity index (χ0v) is 16.3. The van der Waals surface area contributed by atoms with Crippen LogP contribution in [0.5, 0.6) is 0 Å². The van der Waals surface area contributed by atoms with Crippen LogP contribution in [0, 0.1) is 11.6 Å². The smallest absolute Gasteiger partial charge is 0.261 e. The molecule has 0 heterocycles. The van der Waals surface area contributed by atoms with Crippen molar-refractivity contribution in [3.05, 3.63) is 89.5 Å². The van der Waals surface area contributed by atoms with Gasteiger partial charge in [0.05, 0.1) is 16.1 Å². The van der Waals surface area contributed by atoms with Gasteiger partial charge in [-0.1, -0.05) is 31.2 Å². The van der Waals surface area contributed by atoms with E-state index in [0.29, 0.717) is 5.69 Å². The second-order valence-corrected chi connectivity index (χ2v) is 7.91. The van der Waals surface area contributed by atoms with Crippen LogP contribution in [0.25, 0.3) is 0 Å². The highest BCUT2D eigenvalue weighted by Crippen LogP contribution is 2.22. The van der Waals surface area contributed by atoms with Gasteiger partial charge in [0.2, 0.25) is 0 Å². The van der Waals surface area contributed by atoms with E-state index in [0.717, 1.165) is 36.2 Å². The topological polar surface area (TPSA) is 75.3 Å². The third-order valence-corrected chi connectivity index (χ3v) is 5.61. The van der Waals surface area contributed by atoms with Crippen LogP contribution in [0.2, 0.25) is 0 Å². The Kier molecular flexibility index (Phi) is 5.93. The molecule has 8 heteroatoms. The summed E-state index contributed by atoms with van der Waals surface area (Å²) in [6.07, 6.45) is 0.818. The second-order valence-electron chi connectivity index (χ2n) is 6.23. The Morgan fingerprint density at radius 1 is 0.931 bits per heavy atom. The van der Waals surface area contributed by atoms with E-state index < -0.39 is 27.6 Å². The van der Waals surface area contributed by atoms with Crippen LogP contribution in [0.1, 0.15) is 22.8 Å². The van der Waals surface area contributed by atoms with E-state index in [1.807, 2.05) is 6.92 Å². The molecule has 0 atom stereocenters. The monoisotopic (exact) mass is 416 g/mol. The van der Waals surface area contributed by atoms with Gasteiger partial charge in [0, 0.05) is 5.69 Å². The number of aryl methyl sites for hydroxylation is 1. The lowest BCUT2D eigenvalue weighted by Crippen LogP contribution is -2.16. The fraction of sp³-hybridized carbons (Fsp3) is 0.0952. The number of halogens is 2. The van der Waals surface area contributed by atoms with Gasteiger partial charge in [-0.2, -0.15) is 0 Å². The standard InChI is InChI=1S/C21H18F2N2O3S/c1-2-14-7-9-15(10-8-14)25-29(27,28)16-11-12-20(19(23)13-16)24-21(26)17-5-3-4-6-18(17)22/h3-13,25H,2H2,1H3,(H,24,26). The van der Waals surface area contributed by atoms with Gasteiger partial charge < -0.3 is 5.32 Å². The first-order chi connectivity index (χ1) is 13.8. The Hall–Kier alpha value is -3.26. The van der Waals surface area contributed by atoms with Crippen molar-refractivity contribution in [3.63, 3.8) is 0 Å². The first-order valence-corrected chi connectivity index (χ1v) is 10.3. The Morgan fingerprint density at radius 3 is 2.24 bits per heavy atom. The number of hydrogen-bond donors (Lipinski definition) is 2. The number of carbonyl (C=O) groups excluding carboxylic acids is 1. The summed E-state index contributed by atoms with van der Waals surface area (Å²) >= 11 is 0. The molecular formula is C21H18F2N2O3S. The average Bonchev–Trinajstić information content (AvgIpc) is 2.70. The summed E-state index contributed by atoms with van der Waals surface area (Å²) in [7, 11) is -4.02. The number of sulfonamides is 1. The number of benzene rings is 3. The van der Waals surface area contributed by atoms with Crippen LogP contribution in [0.4, 0.5) is 20.2 Å². The molecule has 1 amide bonds. The van der Waals surface area contributed by atoms with Gasteiger partial charge in [-0.3, -0.25) is 9.52 Å². The molecule has 3 aromatic rings. The predicted molar refractivity (Wildman–Crippen MR) is 107 cm³/mol. The maximum Gasteiger partial charge on any atom is 0.261 e. The zero-order valence-electron chi connectivity index (χ0n) is 15.4. The number of carbonyl (C=O) groups is 1. The lowest BCUT2D eigenvalue weighted by molar-refractivity contribution is 0.102. The van der Waals surface area contributed by atoms with Gasteiger partial charge >= 0.3 is 0 Å². The minimum Gasteiger partial charge on any atom is -0.319 e. The van der Waals surface area contributed by atoms with Crippen LogP contribution in [-0.4, -0.2) is 14.3 Å². The molecule has 0 saturated carbocycles. The van der Waals surface area contributed by atoms with Crippen LogP contribution < -0.4 is 10.0 Å². The molecule has 2 N–H and O–H groups in total. The Balaban J connectivity index is 1.79. The van der Waals surface area contributed by atoms with Gasteiger partial charge in [-0.15, -0.1) is 0 Å². The molecule has 0 radical (unpaired) electrons. The van der Waals surface area contributed by atoms with Gasteiger partial charge in [0.15, 0.2) is 0 Å². The fourth-order valence-electron chi connectivity index (χ4n) is 2.62. The minimum absolute atomic E-state index is 0.249. The molecule has 0 unspecified atom stereocenters. The van der Waals surface area contributed by atoms with E-state index >= 15 is 0 Å². The zero-order chi connectivity index (χ0) is 21.0. The number of amides is 1. The quantitative estimate of drug-likeness (QED) is 0.618. The van der Waals surface area contributed by atoms with Gasteiger partial charge in [0.1, 0.15) is 11.6 Å². The highest BCUT2D eigenvalue weighted by molar-refractivity contribution is 7.92. The maximum absolute atomic E-state index is 14.4. The van der Waals surface area contributed by atoms with Crippen molar-refractivity contribution in [2.24, 2.45) is 0 Å². The maximum atomic E-state index is 14.4. The van der Waals surface area contributed by atoms with Crippen LogP contribution in [-0.2, 0) is 16.4 Å². The lowest BCUT2D eigenvalue weighted by Gasteiger charge is -2.11. The van der Waals surface area contributed by atoms with E-state index in [-0.39, 0.29) is 16.1 Å². The molecule has 150 valence electrons. The predicted octanol–water partition coefficient (Wildman–Crippen LogP) is 4.58. The molecular weight excluding hydrogens is 398 g/mol. The SMILES string of the molecule is CCc1ccc(NS(=O)(=O)c2ccc(NC(=O)c3ccccc3F)c(F)c2)cc1. The van der Waals surface area contributed by atoms with E-state index in [1.165, 1.54) is 18.2 Å². The molecule has 3 rings (SSSR count). The summed E-state index contributed by atoms with van der Waals surface area (Å²) in [5.41, 5.74) is 0.888. The Morgan fingerprint density at radius 2 is 1.62 bits per heavy atom. The number of hydrogen-bond acceptors (Lipinski definition) is 3. The molecule has 29 heavy (non-hydrogen) atoms. The van der Waals surface area contributed by atoms with Gasteiger partial charge in [0.25, 0.3) is 15.9 Å². The van der Waals surface area contributed by atoms with Crippen molar-refractivity contribution in [2.45, 2.75) is 18.2 Å². The molecule has 0 aliphatic rings. The van der Waals surface area contributed by atoms with Crippen LogP contribution in [0.15, 0.2) is 71.6 Å². The summed E-state index contributed by atoms with van der Waals surface area (Å²) in [4.78, 5) is 11.8. The van der Waals surface area contributed by atoms with Gasteiger partial charge in [-0.05, 0) is 54.4 Å². The van der Waals surface area contributed by atoms with Crippen molar-refractivity contribution in [3.8, 4) is 0 Å². The van der Waals surface area contributed by atoms with Crippen molar-refractivity contribution >= 4 is 27.3 Å². The highest BCUT2D eigenvalue weighted by atomic mass is 32.2. The first-order valence-electron chi connectivity index (χ1n) is 8.77. The summed E-state index contributed by atoms with van der Waals surface area (Å²) in [5.74, 6) is -2.55. The van der Waals surface area contributed by atoms with Gasteiger partial charge in [-0.25, -0.2) is 17.2 Å². The summed E-state index contributed by atoms with van der Waals surface area (Å²) in [6, 6.07) is 15.2. The number of nitrogens with one attached hydrogen (secondary N) is 2. The number of anilines is 2. The number of rotatable bonds is 6. The van der Waals surface area contributed by atoms with E-state index in [9.17, 15) is 22.0 Å². The first kappa shape index (κ1) is 20.5. The molecule has 0 aromatic heterocycles. The van der Waals surface area contributed by atoms with Crippen molar-refractivity contribution < 1.29 is 22.0 Å². The van der Waals surface area contributed by atoms with E-state index in [4.69, 9.17) is 0 Å². The molecule has 0 aliphatic heterocycles. The molecule has 3 aromatic carbocycles. The second kappa shape index (κ2) is 8.40. The molecule has 5 nitrogen and oxygen atoms in total. The Bertz CT molecular complexity index is 1150. The van der Waals surface area contributed by atoms with Crippen molar-refractivity contribution in [1.29, 1.82) is 0 Å². The van der Waals surface area contributed by atoms with E-state index in [1.54, 1.807) is 24.3 Å². The highest BCUT2D eigenvalue weighted by Gasteiger charge is 2.18. The lowest BCUT2D eigenvalue weighted by atomic mass is 10.2. The summed E-state index contributed by atoms with van der Waals surface area (Å²) in [5, 5.41) is 2.24. The third-order valence-electron chi connectivity index (χ3n) is 4.23. The summed E-state index contributed by atoms with van der Waals surface area (Å²) in [6.45, 7) is 1.98. The molecule has 0 saturated heterocycles. The molecule has 0 spiro atoms.